The maximum absolute atomic E-state index is 13.3. The lowest BCUT2D eigenvalue weighted by Crippen LogP contribution is -2.49. The molecule has 1 saturated heterocycles. The van der Waals surface area contributed by atoms with Crippen LogP contribution in [0.3, 0.4) is 0 Å². The molecule has 0 spiro atoms. The number of pyridine rings is 1. The summed E-state index contributed by atoms with van der Waals surface area (Å²) in [5, 5.41) is 1.34. The van der Waals surface area contributed by atoms with Crippen molar-refractivity contribution in [2.75, 3.05) is 31.1 Å². The number of para-hydroxylation sites is 1. The van der Waals surface area contributed by atoms with Crippen LogP contribution >= 0.6 is 0 Å². The van der Waals surface area contributed by atoms with Gasteiger partial charge in [-0.25, -0.2) is 0 Å². The first-order chi connectivity index (χ1) is 13.6. The van der Waals surface area contributed by atoms with E-state index in [4.69, 9.17) is 0 Å². The Morgan fingerprint density at radius 2 is 1.46 bits per heavy atom. The highest BCUT2D eigenvalue weighted by atomic mass is 16.2. The molecule has 0 aliphatic carbocycles. The number of hydrogen-bond acceptors (Lipinski definition) is 3. The van der Waals surface area contributed by atoms with Gasteiger partial charge in [-0.05, 0) is 32.0 Å². The number of nitrogens with zero attached hydrogens (tertiary/aromatic N) is 3. The first kappa shape index (κ1) is 18.3. The van der Waals surface area contributed by atoms with Crippen LogP contribution in [0.4, 0.5) is 5.69 Å². The Morgan fingerprint density at radius 3 is 2.11 bits per heavy atom. The summed E-state index contributed by atoms with van der Waals surface area (Å²) in [6.45, 7) is 6.87. The monoisotopic (exact) mass is 375 g/mol. The fourth-order valence-electron chi connectivity index (χ4n) is 3.84. The van der Waals surface area contributed by atoms with Crippen LogP contribution in [0.1, 0.15) is 30.2 Å². The van der Waals surface area contributed by atoms with Crippen LogP contribution in [0, 0.1) is 0 Å². The molecule has 144 valence electrons. The Kier molecular flexibility index (Phi) is 4.90. The predicted molar refractivity (Wildman–Crippen MR) is 113 cm³/mol. The summed E-state index contributed by atoms with van der Waals surface area (Å²) in [5.41, 5.74) is 1.75. The Morgan fingerprint density at radius 1 is 0.857 bits per heavy atom. The molecule has 0 atom stereocenters. The molecule has 28 heavy (non-hydrogen) atoms. The molecule has 1 aromatic heterocycles. The number of hydrogen-bond donors (Lipinski definition) is 0. The van der Waals surface area contributed by atoms with E-state index in [0.29, 0.717) is 24.0 Å². The largest absolute Gasteiger partial charge is 0.368 e. The highest BCUT2D eigenvalue weighted by molar-refractivity contribution is 6.06. The van der Waals surface area contributed by atoms with Gasteiger partial charge < -0.3 is 14.4 Å². The molecule has 2 aromatic carbocycles. The number of carbonyl (C=O) groups excluding carboxylic acids is 1. The number of benzene rings is 2. The molecule has 1 amide bonds. The van der Waals surface area contributed by atoms with Gasteiger partial charge in [0.1, 0.15) is 0 Å². The van der Waals surface area contributed by atoms with Crippen molar-refractivity contribution in [2.45, 2.75) is 19.9 Å². The number of aromatic nitrogens is 1. The smallest absolute Gasteiger partial charge is 0.258 e. The minimum Gasteiger partial charge on any atom is -0.368 e. The van der Waals surface area contributed by atoms with Crippen molar-refractivity contribution in [3.05, 3.63) is 76.7 Å². The van der Waals surface area contributed by atoms with Gasteiger partial charge in [0.25, 0.3) is 11.5 Å². The lowest BCUT2D eigenvalue weighted by atomic mass is 10.1. The van der Waals surface area contributed by atoms with Gasteiger partial charge >= 0.3 is 0 Å². The zero-order valence-corrected chi connectivity index (χ0v) is 16.3. The van der Waals surface area contributed by atoms with Gasteiger partial charge in [0.05, 0.1) is 5.56 Å². The molecule has 4 rings (SSSR count). The summed E-state index contributed by atoms with van der Waals surface area (Å²) in [6, 6.07) is 17.7. The fraction of sp³-hybridized carbons (Fsp3) is 0.304. The van der Waals surface area contributed by atoms with E-state index in [9.17, 15) is 9.59 Å². The van der Waals surface area contributed by atoms with Crippen LogP contribution in [0.25, 0.3) is 10.8 Å². The third-order valence-electron chi connectivity index (χ3n) is 5.43. The molecule has 0 N–H and O–H groups in total. The minimum absolute atomic E-state index is 0.00131. The lowest BCUT2D eigenvalue weighted by Gasteiger charge is -2.36. The van der Waals surface area contributed by atoms with Gasteiger partial charge in [0.2, 0.25) is 0 Å². The van der Waals surface area contributed by atoms with Crippen molar-refractivity contribution in [1.82, 2.24) is 9.47 Å². The normalized spacial score (nSPS) is 14.7. The molecule has 5 nitrogen and oxygen atoms in total. The lowest BCUT2D eigenvalue weighted by molar-refractivity contribution is 0.0748. The van der Waals surface area contributed by atoms with E-state index in [2.05, 4.69) is 17.0 Å². The molecule has 3 aromatic rings. The van der Waals surface area contributed by atoms with Crippen LogP contribution in [0.2, 0.25) is 0 Å². The zero-order chi connectivity index (χ0) is 19.7. The molecule has 1 aliphatic heterocycles. The number of amides is 1. The second-order valence-corrected chi connectivity index (χ2v) is 7.51. The number of carbonyl (C=O) groups is 1. The standard InChI is InChI=1S/C23H25N3O2/c1-17(2)26-16-21(19-10-6-7-11-20(19)23(26)28)22(27)25-14-12-24(13-15-25)18-8-4-3-5-9-18/h3-11,16-17H,12-15H2,1-2H3. The molecule has 0 radical (unpaired) electrons. The zero-order valence-electron chi connectivity index (χ0n) is 16.3. The minimum atomic E-state index is -0.0453. The van der Waals surface area contributed by atoms with Gasteiger partial charge in [-0.3, -0.25) is 9.59 Å². The molecular weight excluding hydrogens is 350 g/mol. The van der Waals surface area contributed by atoms with E-state index in [1.54, 1.807) is 16.8 Å². The Balaban J connectivity index is 1.63. The molecule has 1 aliphatic rings. The molecular formula is C23H25N3O2. The quantitative estimate of drug-likeness (QED) is 0.703. The number of anilines is 1. The van der Waals surface area contributed by atoms with Crippen LogP contribution in [-0.4, -0.2) is 41.6 Å². The number of fused-ring (bicyclic) bond motifs is 1. The second-order valence-electron chi connectivity index (χ2n) is 7.51. The van der Waals surface area contributed by atoms with Crippen molar-refractivity contribution in [2.24, 2.45) is 0 Å². The van der Waals surface area contributed by atoms with E-state index in [-0.39, 0.29) is 17.5 Å². The molecule has 1 fully saturated rings. The second kappa shape index (κ2) is 7.50. The van der Waals surface area contributed by atoms with Gasteiger partial charge in [0.15, 0.2) is 0 Å². The topological polar surface area (TPSA) is 45.6 Å². The first-order valence-corrected chi connectivity index (χ1v) is 9.79. The van der Waals surface area contributed by atoms with E-state index < -0.39 is 0 Å². The van der Waals surface area contributed by atoms with Crippen LogP contribution in [-0.2, 0) is 0 Å². The van der Waals surface area contributed by atoms with E-state index in [0.717, 1.165) is 18.5 Å². The van der Waals surface area contributed by atoms with Crippen molar-refractivity contribution >= 4 is 22.4 Å². The van der Waals surface area contributed by atoms with Crippen molar-refractivity contribution in [3.63, 3.8) is 0 Å². The average Bonchev–Trinajstić information content (AvgIpc) is 2.74. The number of rotatable bonds is 3. The van der Waals surface area contributed by atoms with Gasteiger partial charge in [0, 0.05) is 54.9 Å². The van der Waals surface area contributed by atoms with E-state index in [1.807, 2.05) is 55.1 Å². The summed E-state index contributed by atoms with van der Waals surface area (Å²) in [7, 11) is 0. The van der Waals surface area contributed by atoms with Crippen LogP contribution < -0.4 is 10.5 Å². The Bertz CT molecular complexity index is 1050. The van der Waals surface area contributed by atoms with Crippen LogP contribution in [0.15, 0.2) is 65.6 Å². The summed E-state index contributed by atoms with van der Waals surface area (Å²) in [4.78, 5) is 30.3. The molecule has 0 unspecified atom stereocenters. The first-order valence-electron chi connectivity index (χ1n) is 9.79. The molecule has 0 bridgehead atoms. The Labute approximate surface area is 164 Å². The SMILES string of the molecule is CC(C)n1cc(C(=O)N2CCN(c3ccccc3)CC2)c2ccccc2c1=O. The summed E-state index contributed by atoms with van der Waals surface area (Å²) < 4.78 is 1.66. The third-order valence-corrected chi connectivity index (χ3v) is 5.43. The van der Waals surface area contributed by atoms with Crippen LogP contribution in [0.5, 0.6) is 0 Å². The molecule has 5 heteroatoms. The van der Waals surface area contributed by atoms with Crippen molar-refractivity contribution in [3.8, 4) is 0 Å². The highest BCUT2D eigenvalue weighted by Crippen LogP contribution is 2.21. The number of piperazine rings is 1. The predicted octanol–water partition coefficient (Wildman–Crippen LogP) is 3.54. The van der Waals surface area contributed by atoms with Gasteiger partial charge in [-0.1, -0.05) is 36.4 Å². The summed E-state index contributed by atoms with van der Waals surface area (Å²) >= 11 is 0. The molecule has 0 saturated carbocycles. The summed E-state index contributed by atoms with van der Waals surface area (Å²) in [6.07, 6.45) is 1.74. The van der Waals surface area contributed by atoms with Gasteiger partial charge in [-0.15, -0.1) is 0 Å². The third kappa shape index (κ3) is 3.28. The summed E-state index contributed by atoms with van der Waals surface area (Å²) in [5.74, 6) is -0.00156. The van der Waals surface area contributed by atoms with E-state index in [1.165, 1.54) is 5.69 Å². The van der Waals surface area contributed by atoms with Crippen molar-refractivity contribution < 1.29 is 4.79 Å². The molecule has 2 heterocycles. The van der Waals surface area contributed by atoms with Gasteiger partial charge in [-0.2, -0.15) is 0 Å². The maximum atomic E-state index is 13.3. The van der Waals surface area contributed by atoms with E-state index >= 15 is 0 Å². The maximum Gasteiger partial charge on any atom is 0.258 e. The average molecular weight is 375 g/mol. The highest BCUT2D eigenvalue weighted by Gasteiger charge is 2.25. The fourth-order valence-corrected chi connectivity index (χ4v) is 3.84. The Hall–Kier alpha value is -3.08. The van der Waals surface area contributed by atoms with Crippen molar-refractivity contribution in [1.29, 1.82) is 0 Å².